The van der Waals surface area contributed by atoms with Crippen LogP contribution in [0.1, 0.15) is 35.5 Å². The van der Waals surface area contributed by atoms with Crippen LogP contribution in [0.15, 0.2) is 70.3 Å². The van der Waals surface area contributed by atoms with E-state index < -0.39 is 5.91 Å². The first kappa shape index (κ1) is 18.1. The number of pyridine rings is 1. The smallest absolute Gasteiger partial charge is 0.307 e. The Morgan fingerprint density at radius 1 is 1.13 bits per heavy atom. The topological polar surface area (TPSA) is 76.7 Å². The molecule has 0 unspecified atom stereocenters. The lowest BCUT2D eigenvalue weighted by molar-refractivity contribution is 0.0929. The van der Waals surface area contributed by atoms with E-state index in [0.29, 0.717) is 5.58 Å². The normalized spacial score (nSPS) is 14.7. The second-order valence-corrected chi connectivity index (χ2v) is 7.67. The number of carbonyl (C=O) groups excluding carboxylic acids is 1. The fourth-order valence-electron chi connectivity index (χ4n) is 3.51. The zero-order valence-corrected chi connectivity index (χ0v) is 16.5. The van der Waals surface area contributed by atoms with Crippen molar-refractivity contribution in [2.75, 3.05) is 0 Å². The van der Waals surface area contributed by atoms with E-state index in [1.165, 1.54) is 0 Å². The molecular formula is C24H19N3O3. The average Bonchev–Trinajstić information content (AvgIpc) is 3.18. The molecular weight excluding hydrogens is 378 g/mol. The summed E-state index contributed by atoms with van der Waals surface area (Å²) in [7, 11) is 0. The molecule has 3 heterocycles. The Hall–Kier alpha value is -3.93. The largest absolute Gasteiger partial charge is 0.483 e. The molecule has 1 aliphatic rings. The van der Waals surface area contributed by atoms with Gasteiger partial charge in [-0.1, -0.05) is 24.3 Å². The van der Waals surface area contributed by atoms with Crippen LogP contribution in [0.3, 0.4) is 0 Å². The van der Waals surface area contributed by atoms with Gasteiger partial charge in [0, 0.05) is 22.5 Å². The summed E-state index contributed by atoms with van der Waals surface area (Å²) in [6.45, 7) is 3.97. The number of amides is 1. The van der Waals surface area contributed by atoms with Gasteiger partial charge < -0.3 is 9.15 Å². The molecule has 2 aromatic carbocycles. The fourth-order valence-corrected chi connectivity index (χ4v) is 3.51. The van der Waals surface area contributed by atoms with Crippen LogP contribution in [0.4, 0.5) is 0 Å². The number of hydrogen-bond donors (Lipinski definition) is 1. The SMILES string of the molecule is CC1(C)C=Cc2c(ccc3cc(C(=O)N/N=C/c4cccc5cccnc45)oc23)O1. The fraction of sp³-hybridized carbons (Fsp3) is 0.125. The van der Waals surface area contributed by atoms with Gasteiger partial charge >= 0.3 is 5.91 Å². The first-order valence-corrected chi connectivity index (χ1v) is 9.62. The van der Waals surface area contributed by atoms with Gasteiger partial charge in [-0.05, 0) is 50.3 Å². The molecule has 0 atom stereocenters. The van der Waals surface area contributed by atoms with Crippen LogP contribution in [-0.4, -0.2) is 22.7 Å². The van der Waals surface area contributed by atoms with Crippen LogP contribution in [0, 0.1) is 0 Å². The van der Waals surface area contributed by atoms with Crippen molar-refractivity contribution >= 4 is 40.1 Å². The van der Waals surface area contributed by atoms with Crippen LogP contribution in [0.25, 0.3) is 27.9 Å². The Bertz CT molecular complexity index is 1340. The molecule has 6 heteroatoms. The molecule has 1 aliphatic heterocycles. The molecule has 2 aromatic heterocycles. The number of para-hydroxylation sites is 1. The van der Waals surface area contributed by atoms with Crippen LogP contribution in [0.2, 0.25) is 0 Å². The van der Waals surface area contributed by atoms with E-state index in [9.17, 15) is 4.79 Å². The Balaban J connectivity index is 1.39. The van der Waals surface area contributed by atoms with Crippen LogP contribution < -0.4 is 10.2 Å². The van der Waals surface area contributed by atoms with Gasteiger partial charge in [0.1, 0.15) is 16.9 Å². The number of nitrogens with one attached hydrogen (secondary N) is 1. The van der Waals surface area contributed by atoms with Crippen molar-refractivity contribution in [1.29, 1.82) is 0 Å². The number of furan rings is 1. The highest BCUT2D eigenvalue weighted by Gasteiger charge is 2.24. The molecule has 4 aromatic rings. The molecule has 6 nitrogen and oxygen atoms in total. The second-order valence-electron chi connectivity index (χ2n) is 7.67. The van der Waals surface area contributed by atoms with Crippen LogP contribution in [0.5, 0.6) is 5.75 Å². The highest BCUT2D eigenvalue weighted by molar-refractivity contribution is 6.00. The Kier molecular flexibility index (Phi) is 4.13. The molecule has 0 fully saturated rings. The van der Waals surface area contributed by atoms with Gasteiger partial charge in [0.15, 0.2) is 5.76 Å². The molecule has 30 heavy (non-hydrogen) atoms. The predicted octanol–water partition coefficient (Wildman–Crippen LogP) is 4.93. The molecule has 0 saturated heterocycles. The molecule has 1 amide bonds. The van der Waals surface area contributed by atoms with E-state index in [4.69, 9.17) is 9.15 Å². The first-order valence-electron chi connectivity index (χ1n) is 9.62. The Labute approximate surface area is 172 Å². The van der Waals surface area contributed by atoms with Crippen molar-refractivity contribution in [1.82, 2.24) is 10.4 Å². The summed E-state index contributed by atoms with van der Waals surface area (Å²) in [6, 6.07) is 15.1. The number of ether oxygens (including phenoxy) is 1. The second kappa shape index (κ2) is 6.84. The highest BCUT2D eigenvalue weighted by Crippen LogP contribution is 2.37. The van der Waals surface area contributed by atoms with Crippen molar-refractivity contribution in [3.8, 4) is 5.75 Å². The highest BCUT2D eigenvalue weighted by atomic mass is 16.5. The van der Waals surface area contributed by atoms with Crippen molar-refractivity contribution in [2.45, 2.75) is 19.4 Å². The molecule has 0 saturated carbocycles. The maximum absolute atomic E-state index is 12.6. The van der Waals surface area contributed by atoms with Gasteiger partial charge in [-0.2, -0.15) is 5.10 Å². The molecule has 0 spiro atoms. The van der Waals surface area contributed by atoms with Crippen molar-refractivity contribution in [3.05, 3.63) is 77.7 Å². The standard InChI is InChI=1S/C24H19N3O3/c1-24(2)11-10-18-19(30-24)9-8-16-13-20(29-22(16)18)23(28)27-26-14-17-6-3-5-15-7-4-12-25-21(15)17/h3-14H,1-2H3,(H,27,28)/b26-14+. The summed E-state index contributed by atoms with van der Waals surface area (Å²) in [5.74, 6) is 0.494. The maximum Gasteiger partial charge on any atom is 0.307 e. The van der Waals surface area contributed by atoms with E-state index in [2.05, 4.69) is 15.5 Å². The monoisotopic (exact) mass is 397 g/mol. The van der Waals surface area contributed by atoms with Crippen LogP contribution >= 0.6 is 0 Å². The van der Waals surface area contributed by atoms with E-state index >= 15 is 0 Å². The number of nitrogens with zero attached hydrogens (tertiary/aromatic N) is 2. The molecule has 1 N–H and O–H groups in total. The quantitative estimate of drug-likeness (QED) is 0.393. The average molecular weight is 397 g/mol. The third-order valence-electron chi connectivity index (χ3n) is 4.97. The zero-order chi connectivity index (χ0) is 20.7. The van der Waals surface area contributed by atoms with Gasteiger partial charge in [-0.25, -0.2) is 5.43 Å². The Morgan fingerprint density at radius 2 is 2.00 bits per heavy atom. The predicted molar refractivity (Wildman–Crippen MR) is 117 cm³/mol. The number of hydrogen-bond acceptors (Lipinski definition) is 5. The maximum atomic E-state index is 12.6. The van der Waals surface area contributed by atoms with Crippen molar-refractivity contribution in [2.24, 2.45) is 5.10 Å². The number of fused-ring (bicyclic) bond motifs is 4. The third kappa shape index (κ3) is 3.22. The van der Waals surface area contributed by atoms with E-state index in [0.717, 1.165) is 33.2 Å². The van der Waals surface area contributed by atoms with Crippen LogP contribution in [-0.2, 0) is 0 Å². The summed E-state index contributed by atoms with van der Waals surface area (Å²) in [5.41, 5.74) is 5.24. The van der Waals surface area contributed by atoms with E-state index in [-0.39, 0.29) is 11.4 Å². The molecule has 5 rings (SSSR count). The summed E-state index contributed by atoms with van der Waals surface area (Å²) in [5, 5.41) is 5.92. The zero-order valence-electron chi connectivity index (χ0n) is 16.5. The molecule has 148 valence electrons. The van der Waals surface area contributed by atoms with Crippen molar-refractivity contribution < 1.29 is 13.9 Å². The first-order chi connectivity index (χ1) is 14.5. The summed E-state index contributed by atoms with van der Waals surface area (Å²) in [4.78, 5) is 16.9. The third-order valence-corrected chi connectivity index (χ3v) is 4.97. The van der Waals surface area contributed by atoms with Gasteiger partial charge in [0.25, 0.3) is 0 Å². The lowest BCUT2D eigenvalue weighted by atomic mass is 10.0. The number of carbonyl (C=O) groups is 1. The minimum absolute atomic E-state index is 0.185. The lowest BCUT2D eigenvalue weighted by Gasteiger charge is -2.27. The minimum atomic E-state index is -0.426. The van der Waals surface area contributed by atoms with Crippen molar-refractivity contribution in [3.63, 3.8) is 0 Å². The Morgan fingerprint density at radius 3 is 2.90 bits per heavy atom. The molecule has 0 aliphatic carbocycles. The number of hydrazone groups is 1. The number of rotatable bonds is 3. The lowest BCUT2D eigenvalue weighted by Crippen LogP contribution is -2.27. The van der Waals surface area contributed by atoms with Gasteiger partial charge in [0.2, 0.25) is 0 Å². The summed E-state index contributed by atoms with van der Waals surface area (Å²) >= 11 is 0. The van der Waals surface area contributed by atoms with E-state index in [1.807, 2.05) is 68.5 Å². The van der Waals surface area contributed by atoms with Gasteiger partial charge in [-0.15, -0.1) is 0 Å². The molecule has 0 bridgehead atoms. The van der Waals surface area contributed by atoms with Gasteiger partial charge in [-0.3, -0.25) is 9.78 Å². The van der Waals surface area contributed by atoms with E-state index in [1.54, 1.807) is 18.5 Å². The van der Waals surface area contributed by atoms with Gasteiger partial charge in [0.05, 0.1) is 17.3 Å². The number of aromatic nitrogens is 1. The summed E-state index contributed by atoms with van der Waals surface area (Å²) in [6.07, 6.45) is 7.25. The number of benzene rings is 2. The minimum Gasteiger partial charge on any atom is -0.483 e. The molecule has 0 radical (unpaired) electrons. The summed E-state index contributed by atoms with van der Waals surface area (Å²) < 4.78 is 11.8.